The van der Waals surface area contributed by atoms with Crippen molar-refractivity contribution in [3.63, 3.8) is 0 Å². The summed E-state index contributed by atoms with van der Waals surface area (Å²) in [6.45, 7) is 11.7. The highest BCUT2D eigenvalue weighted by atomic mass is 28.4. The minimum atomic E-state index is -1.75. The summed E-state index contributed by atoms with van der Waals surface area (Å²) in [5.41, 5.74) is -0.762. The molecule has 2 aliphatic heterocycles. The van der Waals surface area contributed by atoms with Crippen LogP contribution >= 0.6 is 0 Å². The summed E-state index contributed by atoms with van der Waals surface area (Å²) in [6, 6.07) is 0. The lowest BCUT2D eigenvalue weighted by molar-refractivity contribution is -0.136. The van der Waals surface area contributed by atoms with Gasteiger partial charge in [-0.25, -0.2) is 0 Å². The fourth-order valence-electron chi connectivity index (χ4n) is 2.08. The molecule has 2 heterocycles. The zero-order chi connectivity index (χ0) is 14.3. The summed E-state index contributed by atoms with van der Waals surface area (Å²) >= 11 is 0. The van der Waals surface area contributed by atoms with Gasteiger partial charge in [0, 0.05) is 13.0 Å². The van der Waals surface area contributed by atoms with Gasteiger partial charge in [-0.2, -0.15) is 0 Å². The number of hydrogen-bond donors (Lipinski definition) is 0. The van der Waals surface area contributed by atoms with E-state index >= 15 is 0 Å². The SMILES string of the molecule is CC(C)(C)[Si](C)(C)OCCC12C=CC(C=CC1=O)O2. The monoisotopic (exact) mass is 280 g/mol. The predicted molar refractivity (Wildman–Crippen MR) is 78.7 cm³/mol. The third-order valence-corrected chi connectivity index (χ3v) is 9.04. The van der Waals surface area contributed by atoms with E-state index in [9.17, 15) is 4.79 Å². The smallest absolute Gasteiger partial charge is 0.191 e. The topological polar surface area (TPSA) is 35.5 Å². The van der Waals surface area contributed by atoms with Gasteiger partial charge in [-0.15, -0.1) is 0 Å². The van der Waals surface area contributed by atoms with Crippen LogP contribution in [0.3, 0.4) is 0 Å². The Hall–Kier alpha value is -0.713. The van der Waals surface area contributed by atoms with Gasteiger partial charge < -0.3 is 9.16 Å². The van der Waals surface area contributed by atoms with Crippen LogP contribution in [0.15, 0.2) is 24.3 Å². The number of hydrogen-bond acceptors (Lipinski definition) is 3. The zero-order valence-corrected chi connectivity index (χ0v) is 13.5. The van der Waals surface area contributed by atoms with Crippen LogP contribution in [0.5, 0.6) is 0 Å². The highest BCUT2D eigenvalue weighted by Crippen LogP contribution is 2.38. The molecule has 3 nitrogen and oxygen atoms in total. The maximum atomic E-state index is 12.0. The molecule has 2 atom stereocenters. The molecule has 0 N–H and O–H groups in total. The molecule has 0 fully saturated rings. The van der Waals surface area contributed by atoms with Crippen LogP contribution in [0.2, 0.25) is 18.1 Å². The van der Waals surface area contributed by atoms with Crippen LogP contribution in [-0.4, -0.2) is 32.4 Å². The molecule has 2 aliphatic rings. The summed E-state index contributed by atoms with van der Waals surface area (Å²) in [4.78, 5) is 12.0. The highest BCUT2D eigenvalue weighted by molar-refractivity contribution is 6.74. The molecule has 0 saturated carbocycles. The van der Waals surface area contributed by atoms with Crippen molar-refractivity contribution in [3.8, 4) is 0 Å². The van der Waals surface area contributed by atoms with Crippen LogP contribution in [0.25, 0.3) is 0 Å². The number of ketones is 1. The Balaban J connectivity index is 1.95. The number of ether oxygens (including phenoxy) is 1. The highest BCUT2D eigenvalue weighted by Gasteiger charge is 2.44. The first kappa shape index (κ1) is 14.7. The molecular weight excluding hydrogens is 256 g/mol. The normalized spacial score (nSPS) is 30.2. The number of carbonyl (C=O) groups is 1. The Labute approximate surface area is 116 Å². The first-order valence-electron chi connectivity index (χ1n) is 6.90. The van der Waals surface area contributed by atoms with Crippen molar-refractivity contribution in [1.29, 1.82) is 0 Å². The molecule has 0 aromatic heterocycles. The molecule has 0 amide bonds. The van der Waals surface area contributed by atoms with E-state index < -0.39 is 13.9 Å². The third kappa shape index (κ3) is 2.76. The fourth-order valence-corrected chi connectivity index (χ4v) is 3.12. The summed E-state index contributed by atoms with van der Waals surface area (Å²) in [7, 11) is -1.75. The second kappa shape index (κ2) is 4.68. The largest absolute Gasteiger partial charge is 0.417 e. The molecule has 0 aliphatic carbocycles. The molecule has 2 rings (SSSR count). The average molecular weight is 280 g/mol. The lowest BCUT2D eigenvalue weighted by atomic mass is 9.94. The van der Waals surface area contributed by atoms with E-state index in [-0.39, 0.29) is 16.9 Å². The molecule has 106 valence electrons. The van der Waals surface area contributed by atoms with Gasteiger partial charge in [0.2, 0.25) is 0 Å². The van der Waals surface area contributed by atoms with Gasteiger partial charge in [0.25, 0.3) is 0 Å². The van der Waals surface area contributed by atoms with Crippen LogP contribution < -0.4 is 0 Å². The standard InChI is InChI=1S/C15H24O3Si/c1-14(2,3)19(4,5)17-11-10-15-9-8-12(18-15)6-7-13(15)16/h6-9,12H,10-11H2,1-5H3. The Morgan fingerprint density at radius 2 is 2.05 bits per heavy atom. The number of carbonyl (C=O) groups excluding carboxylic acids is 1. The Morgan fingerprint density at radius 3 is 2.68 bits per heavy atom. The van der Waals surface area contributed by atoms with Crippen molar-refractivity contribution in [2.75, 3.05) is 6.61 Å². The van der Waals surface area contributed by atoms with Gasteiger partial charge in [-0.1, -0.05) is 26.8 Å². The van der Waals surface area contributed by atoms with E-state index in [0.29, 0.717) is 13.0 Å². The summed E-state index contributed by atoms with van der Waals surface area (Å²) in [5, 5.41) is 0.191. The first-order valence-corrected chi connectivity index (χ1v) is 9.81. The number of rotatable bonds is 4. The Morgan fingerprint density at radius 1 is 1.37 bits per heavy atom. The zero-order valence-electron chi connectivity index (χ0n) is 12.5. The Kier molecular flexibility index (Phi) is 3.62. The van der Waals surface area contributed by atoms with Crippen molar-refractivity contribution >= 4 is 14.1 Å². The second-order valence-electron chi connectivity index (χ2n) is 6.91. The average Bonchev–Trinajstić information content (AvgIpc) is 2.63. The van der Waals surface area contributed by atoms with E-state index in [1.807, 2.05) is 12.2 Å². The van der Waals surface area contributed by atoms with Gasteiger partial charge in [0.05, 0.1) is 6.10 Å². The molecule has 19 heavy (non-hydrogen) atoms. The van der Waals surface area contributed by atoms with Gasteiger partial charge in [0.15, 0.2) is 19.7 Å². The molecule has 2 bridgehead atoms. The molecular formula is C15H24O3Si. The van der Waals surface area contributed by atoms with E-state index in [2.05, 4.69) is 33.9 Å². The minimum Gasteiger partial charge on any atom is -0.417 e. The van der Waals surface area contributed by atoms with Crippen LogP contribution in [0.4, 0.5) is 0 Å². The maximum absolute atomic E-state index is 12.0. The van der Waals surface area contributed by atoms with Crippen molar-refractivity contribution in [2.24, 2.45) is 0 Å². The molecule has 0 aromatic carbocycles. The van der Waals surface area contributed by atoms with Crippen LogP contribution in [-0.2, 0) is 14.0 Å². The minimum absolute atomic E-state index is 0.0365. The second-order valence-corrected chi connectivity index (χ2v) is 11.7. The first-order chi connectivity index (χ1) is 8.66. The van der Waals surface area contributed by atoms with Crippen molar-refractivity contribution in [1.82, 2.24) is 0 Å². The van der Waals surface area contributed by atoms with Crippen LogP contribution in [0, 0.1) is 0 Å². The molecule has 0 saturated heterocycles. The Bertz CT molecular complexity index is 431. The molecule has 0 aromatic rings. The lowest BCUT2D eigenvalue weighted by Crippen LogP contribution is -2.45. The summed E-state index contributed by atoms with van der Waals surface area (Å²) in [5.74, 6) is 0.0383. The molecule has 4 heteroatoms. The van der Waals surface area contributed by atoms with Crippen molar-refractivity contribution in [2.45, 2.75) is 57.0 Å². The fraction of sp³-hybridized carbons (Fsp3) is 0.667. The van der Waals surface area contributed by atoms with Gasteiger partial charge in [0.1, 0.15) is 0 Å². The third-order valence-electron chi connectivity index (χ3n) is 4.50. The van der Waals surface area contributed by atoms with Crippen molar-refractivity contribution in [3.05, 3.63) is 24.3 Å². The van der Waals surface area contributed by atoms with Gasteiger partial charge in [-0.3, -0.25) is 4.79 Å². The quantitative estimate of drug-likeness (QED) is 0.586. The van der Waals surface area contributed by atoms with E-state index in [0.717, 1.165) is 0 Å². The lowest BCUT2D eigenvalue weighted by Gasteiger charge is -2.37. The summed E-state index contributed by atoms with van der Waals surface area (Å²) < 4.78 is 11.9. The maximum Gasteiger partial charge on any atom is 0.191 e. The van der Waals surface area contributed by atoms with Crippen molar-refractivity contribution < 1.29 is 14.0 Å². The molecule has 2 unspecified atom stereocenters. The van der Waals surface area contributed by atoms with E-state index in [4.69, 9.17) is 9.16 Å². The van der Waals surface area contributed by atoms with E-state index in [1.165, 1.54) is 0 Å². The molecule has 0 radical (unpaired) electrons. The summed E-state index contributed by atoms with van der Waals surface area (Å²) in [6.07, 6.45) is 7.86. The van der Waals surface area contributed by atoms with Crippen LogP contribution in [0.1, 0.15) is 27.2 Å². The van der Waals surface area contributed by atoms with Gasteiger partial charge in [-0.05, 0) is 36.4 Å². The number of fused-ring (bicyclic) bond motifs is 2. The molecule has 0 spiro atoms. The predicted octanol–water partition coefficient (Wildman–Crippen LogP) is 3.23. The van der Waals surface area contributed by atoms with Gasteiger partial charge >= 0.3 is 0 Å². The van der Waals surface area contributed by atoms with E-state index in [1.54, 1.807) is 12.2 Å².